The fourth-order valence-corrected chi connectivity index (χ4v) is 3.43. The third-order valence-electron chi connectivity index (χ3n) is 5.38. The molecule has 0 aliphatic rings. The maximum Gasteiger partial charge on any atom is 0.408 e. The van der Waals surface area contributed by atoms with Crippen LogP contribution in [0, 0.1) is 0 Å². The van der Waals surface area contributed by atoms with Crippen molar-refractivity contribution in [1.82, 2.24) is 10.6 Å². The molecule has 0 bridgehead atoms. The molecule has 0 saturated carbocycles. The predicted molar refractivity (Wildman–Crippen MR) is 144 cm³/mol. The van der Waals surface area contributed by atoms with Gasteiger partial charge in [0.1, 0.15) is 18.2 Å². The first kappa shape index (κ1) is 31.4. The third kappa shape index (κ3) is 11.6. The van der Waals surface area contributed by atoms with Gasteiger partial charge in [0, 0.05) is 13.1 Å². The quantitative estimate of drug-likeness (QED) is 0.168. The molecular weight excluding hydrogens is 506 g/mol. The van der Waals surface area contributed by atoms with Gasteiger partial charge in [0.2, 0.25) is 0 Å². The van der Waals surface area contributed by atoms with E-state index in [2.05, 4.69) is 10.6 Å². The molecule has 0 fully saturated rings. The van der Waals surface area contributed by atoms with Crippen LogP contribution in [0.1, 0.15) is 57.3 Å². The Morgan fingerprint density at radius 1 is 1.00 bits per heavy atom. The minimum Gasteiger partial charge on any atom is -0.493 e. The maximum atomic E-state index is 13.1. The smallest absolute Gasteiger partial charge is 0.408 e. The first-order chi connectivity index (χ1) is 18.5. The van der Waals surface area contributed by atoms with Crippen LogP contribution in [0.25, 0.3) is 0 Å². The average molecular weight is 546 g/mol. The average Bonchev–Trinajstić information content (AvgIpc) is 2.90. The van der Waals surface area contributed by atoms with Gasteiger partial charge in [-0.3, -0.25) is 0 Å². The number of aliphatic hydroxyl groups is 1. The number of esters is 1. The molecule has 0 spiro atoms. The highest BCUT2D eigenvalue weighted by Crippen LogP contribution is 2.30. The summed E-state index contributed by atoms with van der Waals surface area (Å²) in [5.74, 6) is -0.385. The van der Waals surface area contributed by atoms with E-state index in [1.54, 1.807) is 26.8 Å². The highest BCUT2D eigenvalue weighted by atomic mass is 16.6. The molecule has 0 aliphatic heterocycles. The van der Waals surface area contributed by atoms with Crippen LogP contribution < -0.4 is 25.8 Å². The van der Waals surface area contributed by atoms with E-state index in [-0.39, 0.29) is 31.1 Å². The van der Waals surface area contributed by atoms with Gasteiger partial charge in [-0.15, -0.1) is 0 Å². The number of hydrogen-bond donors (Lipinski definition) is 4. The van der Waals surface area contributed by atoms with Crippen LogP contribution >= 0.6 is 0 Å². The van der Waals surface area contributed by atoms with E-state index in [1.807, 2.05) is 30.3 Å². The van der Waals surface area contributed by atoms with E-state index in [1.165, 1.54) is 19.2 Å². The topological polar surface area (TPSA) is 158 Å². The second-order valence-corrected chi connectivity index (χ2v) is 9.77. The summed E-state index contributed by atoms with van der Waals surface area (Å²) in [6, 6.07) is 12.7. The summed E-state index contributed by atoms with van der Waals surface area (Å²) in [6.45, 7) is 5.69. The number of ether oxygens (including phenoxy) is 4. The maximum absolute atomic E-state index is 13.1. The van der Waals surface area contributed by atoms with E-state index in [9.17, 15) is 19.5 Å². The number of methoxy groups -OCH3 is 1. The molecule has 11 nitrogen and oxygen atoms in total. The number of amides is 2. The zero-order valence-electron chi connectivity index (χ0n) is 22.9. The Morgan fingerprint density at radius 3 is 2.36 bits per heavy atom. The first-order valence-corrected chi connectivity index (χ1v) is 12.7. The molecule has 0 saturated heterocycles. The van der Waals surface area contributed by atoms with Crippen LogP contribution in [0.2, 0.25) is 0 Å². The van der Waals surface area contributed by atoms with Gasteiger partial charge in [-0.25, -0.2) is 14.4 Å². The Labute approximate surface area is 229 Å². The van der Waals surface area contributed by atoms with Crippen LogP contribution in [0.15, 0.2) is 48.5 Å². The lowest BCUT2D eigenvalue weighted by molar-refractivity contribution is -0.137. The largest absolute Gasteiger partial charge is 0.493 e. The van der Waals surface area contributed by atoms with Gasteiger partial charge in [-0.2, -0.15) is 0 Å². The van der Waals surface area contributed by atoms with Crippen LogP contribution in [0.4, 0.5) is 9.59 Å². The summed E-state index contributed by atoms with van der Waals surface area (Å²) in [5.41, 5.74) is 6.21. The fourth-order valence-electron chi connectivity index (χ4n) is 3.43. The van der Waals surface area contributed by atoms with Gasteiger partial charge in [-0.1, -0.05) is 36.4 Å². The minimum atomic E-state index is -1.03. The van der Waals surface area contributed by atoms with Gasteiger partial charge in [0.15, 0.2) is 11.5 Å². The van der Waals surface area contributed by atoms with Crippen molar-refractivity contribution in [2.24, 2.45) is 5.73 Å². The van der Waals surface area contributed by atoms with Gasteiger partial charge in [-0.05, 0) is 63.3 Å². The number of alkyl carbamates (subject to hydrolysis) is 2. The summed E-state index contributed by atoms with van der Waals surface area (Å²) in [6.07, 6.45) is -0.975. The lowest BCUT2D eigenvalue weighted by Gasteiger charge is -2.20. The second-order valence-electron chi connectivity index (χ2n) is 9.77. The second kappa shape index (κ2) is 15.6. The zero-order valence-corrected chi connectivity index (χ0v) is 22.9. The van der Waals surface area contributed by atoms with Crippen molar-refractivity contribution >= 4 is 18.2 Å². The van der Waals surface area contributed by atoms with Crippen LogP contribution in [0.3, 0.4) is 0 Å². The van der Waals surface area contributed by atoms with E-state index in [4.69, 9.17) is 24.7 Å². The van der Waals surface area contributed by atoms with Crippen molar-refractivity contribution in [3.8, 4) is 11.5 Å². The van der Waals surface area contributed by atoms with Crippen LogP contribution in [0.5, 0.6) is 11.5 Å². The highest BCUT2D eigenvalue weighted by molar-refractivity contribution is 5.83. The van der Waals surface area contributed by atoms with Crippen molar-refractivity contribution in [3.05, 3.63) is 59.7 Å². The van der Waals surface area contributed by atoms with Gasteiger partial charge in [0.05, 0.1) is 13.2 Å². The Hall–Kier alpha value is -3.83. The molecule has 11 heteroatoms. The molecule has 2 amide bonds. The van der Waals surface area contributed by atoms with Crippen molar-refractivity contribution in [2.45, 2.75) is 64.4 Å². The molecule has 214 valence electrons. The normalized spacial score (nSPS) is 12.6. The molecule has 0 heterocycles. The SMILES string of the molecule is COc1cc(C(O)CN)ccc1OC(=O)C(CCCCNC(=O)OC(C)(C)C)NC(=O)OCc1ccccc1. The molecule has 2 atom stereocenters. The number of benzene rings is 2. The van der Waals surface area contributed by atoms with E-state index in [0.29, 0.717) is 24.9 Å². The Morgan fingerprint density at radius 2 is 1.72 bits per heavy atom. The number of carbonyl (C=O) groups is 3. The van der Waals surface area contributed by atoms with Gasteiger partial charge in [0.25, 0.3) is 0 Å². The molecular formula is C28H39N3O8. The lowest BCUT2D eigenvalue weighted by atomic mass is 10.1. The predicted octanol–water partition coefficient (Wildman–Crippen LogP) is 3.58. The molecule has 5 N–H and O–H groups in total. The Balaban J connectivity index is 2.02. The summed E-state index contributed by atoms with van der Waals surface area (Å²) < 4.78 is 21.3. The molecule has 2 rings (SSSR count). The molecule has 0 aliphatic carbocycles. The molecule has 2 aromatic carbocycles. The van der Waals surface area contributed by atoms with Crippen LogP contribution in [-0.4, -0.2) is 55.1 Å². The van der Waals surface area contributed by atoms with Crippen molar-refractivity contribution in [3.63, 3.8) is 0 Å². The van der Waals surface area contributed by atoms with E-state index >= 15 is 0 Å². The monoisotopic (exact) mass is 545 g/mol. The van der Waals surface area contributed by atoms with E-state index in [0.717, 1.165) is 5.56 Å². The zero-order chi connectivity index (χ0) is 28.8. The number of nitrogens with two attached hydrogens (primary N) is 1. The highest BCUT2D eigenvalue weighted by Gasteiger charge is 2.25. The number of carbonyl (C=O) groups excluding carboxylic acids is 3. The molecule has 0 radical (unpaired) electrons. The number of rotatable bonds is 13. The standard InChI is InChI=1S/C28H39N3O8/c1-28(2,3)39-26(34)30-15-9-8-12-21(31-27(35)37-18-19-10-6-5-7-11-19)25(33)38-23-14-13-20(22(32)17-29)16-24(23)36-4/h5-7,10-11,13-14,16,21-22,32H,8-9,12,15,17-18,29H2,1-4H3,(H,30,34)(H,31,35). The third-order valence-corrected chi connectivity index (χ3v) is 5.38. The summed E-state index contributed by atoms with van der Waals surface area (Å²) in [7, 11) is 1.40. The summed E-state index contributed by atoms with van der Waals surface area (Å²) in [5, 5.41) is 15.2. The number of hydrogen-bond acceptors (Lipinski definition) is 9. The Kier molecular flexibility index (Phi) is 12.5. The minimum absolute atomic E-state index is 0.0160. The van der Waals surface area contributed by atoms with Crippen LogP contribution in [-0.2, 0) is 20.9 Å². The number of nitrogens with one attached hydrogen (secondary N) is 2. The van der Waals surface area contributed by atoms with Crippen molar-refractivity contribution < 1.29 is 38.4 Å². The fraction of sp³-hybridized carbons (Fsp3) is 0.464. The summed E-state index contributed by atoms with van der Waals surface area (Å²) >= 11 is 0. The van der Waals surface area contributed by atoms with Crippen molar-refractivity contribution in [1.29, 1.82) is 0 Å². The molecule has 39 heavy (non-hydrogen) atoms. The number of aliphatic hydroxyl groups excluding tert-OH is 1. The lowest BCUT2D eigenvalue weighted by Crippen LogP contribution is -2.43. The molecule has 2 unspecified atom stereocenters. The summed E-state index contributed by atoms with van der Waals surface area (Å²) in [4.78, 5) is 37.4. The Bertz CT molecular complexity index is 1070. The van der Waals surface area contributed by atoms with E-state index < -0.39 is 35.9 Å². The van der Waals surface area contributed by atoms with Gasteiger partial charge >= 0.3 is 18.2 Å². The number of unbranched alkanes of at least 4 members (excludes halogenated alkanes) is 1. The van der Waals surface area contributed by atoms with Crippen molar-refractivity contribution in [2.75, 3.05) is 20.2 Å². The van der Waals surface area contributed by atoms with Gasteiger partial charge < -0.3 is 40.4 Å². The first-order valence-electron chi connectivity index (χ1n) is 12.7. The molecule has 0 aromatic heterocycles. The molecule has 2 aromatic rings.